The van der Waals surface area contributed by atoms with Gasteiger partial charge in [-0.3, -0.25) is 14.6 Å². The third-order valence-electron chi connectivity index (χ3n) is 7.13. The van der Waals surface area contributed by atoms with Crippen molar-refractivity contribution in [2.24, 2.45) is 0 Å². The van der Waals surface area contributed by atoms with Gasteiger partial charge in [0.15, 0.2) is 0 Å². The van der Waals surface area contributed by atoms with Gasteiger partial charge in [0.05, 0.1) is 0 Å². The molecule has 0 saturated carbocycles. The molecule has 2 aromatic rings. The topological polar surface area (TPSA) is 50.3 Å². The molecule has 32 heavy (non-hydrogen) atoms. The fourth-order valence-corrected chi connectivity index (χ4v) is 9.97. The van der Waals surface area contributed by atoms with Gasteiger partial charge >= 0.3 is 0 Å². The normalized spacial score (nSPS) is 19.6. The van der Waals surface area contributed by atoms with Crippen LogP contribution < -0.4 is 10.1 Å². The molecule has 1 amide bonds. The SMILES string of the molecule is [2H][C@H](c1cccnc1)[C@@H]([2H])C(=O)CCCCCCC(=O)N1c2ccccc2[Si](CC)(CC)C1C. The van der Waals surface area contributed by atoms with E-state index < -0.39 is 20.9 Å². The Balaban J connectivity index is 1.44. The molecule has 0 aliphatic carbocycles. The van der Waals surface area contributed by atoms with Crippen molar-refractivity contribution < 1.29 is 12.3 Å². The van der Waals surface area contributed by atoms with Crippen molar-refractivity contribution in [2.75, 3.05) is 4.90 Å². The van der Waals surface area contributed by atoms with E-state index in [2.05, 4.69) is 48.9 Å². The maximum atomic E-state index is 13.2. The van der Waals surface area contributed by atoms with Gasteiger partial charge in [0.1, 0.15) is 13.9 Å². The van der Waals surface area contributed by atoms with Crippen LogP contribution in [0.5, 0.6) is 0 Å². The average molecular weight is 453 g/mol. The van der Waals surface area contributed by atoms with Gasteiger partial charge < -0.3 is 4.90 Å². The highest BCUT2D eigenvalue weighted by atomic mass is 28.3. The highest BCUT2D eigenvalue weighted by molar-refractivity contribution is 6.96. The second kappa shape index (κ2) is 11.6. The first kappa shape index (κ1) is 21.6. The van der Waals surface area contributed by atoms with Crippen LogP contribution in [-0.4, -0.2) is 30.4 Å². The first-order valence-corrected chi connectivity index (χ1v) is 14.5. The fourth-order valence-electron chi connectivity index (χ4n) is 5.15. The number of fused-ring (bicyclic) bond motifs is 1. The first-order chi connectivity index (χ1) is 16.4. The summed E-state index contributed by atoms with van der Waals surface area (Å²) in [5.74, 6) is 0.0231. The van der Waals surface area contributed by atoms with Gasteiger partial charge in [-0.25, -0.2) is 0 Å². The summed E-state index contributed by atoms with van der Waals surface area (Å²) in [5.41, 5.74) is 2.02. The van der Waals surface area contributed by atoms with Gasteiger partial charge in [-0.05, 0) is 49.0 Å². The van der Waals surface area contributed by atoms with E-state index in [4.69, 9.17) is 2.74 Å². The van der Waals surface area contributed by atoms with Crippen molar-refractivity contribution in [3.63, 3.8) is 0 Å². The predicted octanol–water partition coefficient (Wildman–Crippen LogP) is 5.59. The smallest absolute Gasteiger partial charge is 0.226 e. The minimum atomic E-state index is -1.72. The van der Waals surface area contributed by atoms with Crippen LogP contribution >= 0.6 is 0 Å². The predicted molar refractivity (Wildman–Crippen MR) is 135 cm³/mol. The molecule has 1 aromatic carbocycles. The highest BCUT2D eigenvalue weighted by Gasteiger charge is 2.49. The molecule has 0 spiro atoms. The average Bonchev–Trinajstić information content (AvgIpc) is 3.13. The van der Waals surface area contributed by atoms with Crippen molar-refractivity contribution in [3.05, 3.63) is 54.4 Å². The molecule has 2 heterocycles. The molecule has 1 aromatic heterocycles. The lowest BCUT2D eigenvalue weighted by molar-refractivity contribution is -0.120. The van der Waals surface area contributed by atoms with E-state index in [1.54, 1.807) is 24.5 Å². The van der Waals surface area contributed by atoms with E-state index in [-0.39, 0.29) is 17.4 Å². The zero-order valence-corrected chi connectivity index (χ0v) is 20.7. The molecule has 1 unspecified atom stereocenters. The van der Waals surface area contributed by atoms with E-state index in [0.29, 0.717) is 24.8 Å². The number of amides is 1. The maximum Gasteiger partial charge on any atom is 0.226 e. The van der Waals surface area contributed by atoms with Gasteiger partial charge in [0, 0.05) is 45.7 Å². The number of pyridine rings is 1. The summed E-state index contributed by atoms with van der Waals surface area (Å²) in [5, 5.41) is 1.43. The molecule has 3 rings (SSSR count). The quantitative estimate of drug-likeness (QED) is 0.311. The lowest BCUT2D eigenvalue weighted by atomic mass is 10.0. The van der Waals surface area contributed by atoms with Crippen LogP contribution in [0.2, 0.25) is 12.1 Å². The number of benzene rings is 1. The molecule has 172 valence electrons. The third-order valence-corrected chi connectivity index (χ3v) is 13.0. The number of ketones is 1. The number of aryl methyl sites for hydroxylation is 1. The third kappa shape index (κ3) is 5.37. The summed E-state index contributed by atoms with van der Waals surface area (Å²) < 4.78 is 16.3. The Morgan fingerprint density at radius 3 is 2.44 bits per heavy atom. The zero-order valence-electron chi connectivity index (χ0n) is 21.7. The zero-order chi connectivity index (χ0) is 24.7. The van der Waals surface area contributed by atoms with E-state index in [1.165, 1.54) is 5.19 Å². The Morgan fingerprint density at radius 2 is 1.75 bits per heavy atom. The molecule has 0 fully saturated rings. The maximum absolute atomic E-state index is 13.2. The molecule has 0 saturated heterocycles. The molecule has 1 aliphatic rings. The number of para-hydroxylation sites is 1. The largest absolute Gasteiger partial charge is 0.312 e. The lowest BCUT2D eigenvalue weighted by Gasteiger charge is -2.33. The monoisotopic (exact) mass is 452 g/mol. The molecule has 1 aliphatic heterocycles. The Kier molecular flexibility index (Phi) is 7.78. The Morgan fingerprint density at radius 1 is 1.03 bits per heavy atom. The van der Waals surface area contributed by atoms with Crippen molar-refractivity contribution in [2.45, 2.75) is 89.8 Å². The van der Waals surface area contributed by atoms with E-state index in [9.17, 15) is 9.59 Å². The summed E-state index contributed by atoms with van der Waals surface area (Å²) in [6, 6.07) is 14.3. The molecular formula is C27H38N2O2Si. The number of hydrogen-bond donors (Lipinski definition) is 0. The molecule has 0 radical (unpaired) electrons. The lowest BCUT2D eigenvalue weighted by Crippen LogP contribution is -2.55. The second-order valence-electron chi connectivity index (χ2n) is 8.82. The number of carbonyl (C=O) groups excluding carboxylic acids is 2. The summed E-state index contributed by atoms with van der Waals surface area (Å²) in [6.45, 7) is 6.80. The summed E-state index contributed by atoms with van der Waals surface area (Å²) in [7, 11) is -1.72. The summed E-state index contributed by atoms with van der Waals surface area (Å²) in [4.78, 5) is 31.6. The van der Waals surface area contributed by atoms with E-state index >= 15 is 0 Å². The van der Waals surface area contributed by atoms with Crippen molar-refractivity contribution in [3.8, 4) is 0 Å². The van der Waals surface area contributed by atoms with Crippen LogP contribution in [-0.2, 0) is 16.0 Å². The van der Waals surface area contributed by atoms with Gasteiger partial charge in [-0.2, -0.15) is 0 Å². The van der Waals surface area contributed by atoms with Crippen molar-refractivity contribution >= 4 is 30.6 Å². The number of Topliss-reactive ketones (excluding diaryl/α,β-unsaturated/α-hetero) is 1. The van der Waals surface area contributed by atoms with Crippen molar-refractivity contribution in [1.29, 1.82) is 0 Å². The van der Waals surface area contributed by atoms with Crippen LogP contribution in [0.4, 0.5) is 5.69 Å². The molecule has 0 bridgehead atoms. The molecular weight excluding hydrogens is 412 g/mol. The van der Waals surface area contributed by atoms with Crippen LogP contribution in [0.25, 0.3) is 0 Å². The first-order valence-electron chi connectivity index (χ1n) is 13.2. The van der Waals surface area contributed by atoms with E-state index in [1.807, 2.05) is 6.07 Å². The Labute approximate surface area is 197 Å². The second-order valence-corrected chi connectivity index (χ2v) is 13.9. The van der Waals surface area contributed by atoms with Crippen LogP contribution in [0.3, 0.4) is 0 Å². The van der Waals surface area contributed by atoms with Crippen LogP contribution in [0.15, 0.2) is 48.8 Å². The number of nitrogens with zero attached hydrogens (tertiary/aromatic N) is 2. The summed E-state index contributed by atoms with van der Waals surface area (Å²) >= 11 is 0. The Hall–Kier alpha value is -2.27. The van der Waals surface area contributed by atoms with Crippen LogP contribution in [0.1, 0.15) is 74.0 Å². The molecule has 5 heteroatoms. The van der Waals surface area contributed by atoms with Gasteiger partial charge in [0.25, 0.3) is 0 Å². The molecule has 3 atom stereocenters. The number of unbranched alkanes of at least 4 members (excludes halogenated alkanes) is 3. The molecule has 0 N–H and O–H groups in total. The van der Waals surface area contributed by atoms with E-state index in [0.717, 1.165) is 37.0 Å². The van der Waals surface area contributed by atoms with Gasteiger partial charge in [0.2, 0.25) is 5.91 Å². The standard InChI is InChI=1S/C27H38N2O2Si/c1-4-32(5-2)22(3)29(25-15-10-11-16-26(25)32)27(31)17-9-7-6-8-14-24(30)19-18-23-13-12-20-28-21-23/h10-13,15-16,20-22H,4-9,14,17-19H2,1-3H3/i18D,19D/t18-,19+,22?/m0/s1. The minimum Gasteiger partial charge on any atom is -0.312 e. The number of carbonyl (C=O) groups is 2. The van der Waals surface area contributed by atoms with Crippen LogP contribution in [0, 0.1) is 0 Å². The van der Waals surface area contributed by atoms with Crippen molar-refractivity contribution in [1.82, 2.24) is 4.98 Å². The number of hydrogen-bond acceptors (Lipinski definition) is 3. The number of aromatic nitrogens is 1. The highest BCUT2D eigenvalue weighted by Crippen LogP contribution is 2.36. The Bertz CT molecular complexity index is 968. The summed E-state index contributed by atoms with van der Waals surface area (Å²) in [6.07, 6.45) is 5.30. The number of rotatable bonds is 12. The van der Waals surface area contributed by atoms with Gasteiger partial charge in [-0.15, -0.1) is 0 Å². The molecule has 4 nitrogen and oxygen atoms in total. The van der Waals surface area contributed by atoms with Gasteiger partial charge in [-0.1, -0.05) is 63.0 Å². The number of anilines is 1. The minimum absolute atomic E-state index is 0.192. The fraction of sp³-hybridized carbons (Fsp3) is 0.519.